The molecule has 2 amide bonds. The highest BCUT2D eigenvalue weighted by atomic mass is 127. The van der Waals surface area contributed by atoms with Crippen LogP contribution in [-0.2, 0) is 19.4 Å². The van der Waals surface area contributed by atoms with Crippen LogP contribution < -0.4 is 10.6 Å². The van der Waals surface area contributed by atoms with E-state index in [4.69, 9.17) is 0 Å². The lowest BCUT2D eigenvalue weighted by Crippen LogP contribution is -2.43. The number of nitrogens with zero attached hydrogens (tertiary/aromatic N) is 2. The second-order valence-electron chi connectivity index (χ2n) is 7.50. The van der Waals surface area contributed by atoms with Crippen LogP contribution in [0.25, 0.3) is 0 Å². The Morgan fingerprint density at radius 3 is 2.32 bits per heavy atom. The molecule has 28 heavy (non-hydrogen) atoms. The van der Waals surface area contributed by atoms with Gasteiger partial charge in [0, 0.05) is 32.4 Å². The van der Waals surface area contributed by atoms with Crippen molar-refractivity contribution in [1.29, 1.82) is 0 Å². The van der Waals surface area contributed by atoms with Crippen LogP contribution >= 0.6 is 24.0 Å². The van der Waals surface area contributed by atoms with Crippen molar-refractivity contribution in [1.82, 2.24) is 15.5 Å². The minimum atomic E-state index is -2.98. The quantitative estimate of drug-likeness (QED) is 0.119. The number of fused-ring (bicyclic) bond motifs is 5. The summed E-state index contributed by atoms with van der Waals surface area (Å²) in [7, 11) is -2.98. The molecule has 2 bridgehead atoms. The lowest BCUT2D eigenvalue weighted by molar-refractivity contribution is -0.140. The molecule has 2 fully saturated rings. The van der Waals surface area contributed by atoms with Gasteiger partial charge >= 0.3 is 0 Å². The van der Waals surface area contributed by atoms with E-state index in [1.165, 1.54) is 11.2 Å². The molecule has 2 aliphatic carbocycles. The van der Waals surface area contributed by atoms with E-state index in [0.29, 0.717) is 38.6 Å². The fourth-order valence-corrected chi connectivity index (χ4v) is 4.98. The smallest absolute Gasteiger partial charge is 0.233 e. The lowest BCUT2D eigenvalue weighted by atomic mass is 9.85. The van der Waals surface area contributed by atoms with Crippen molar-refractivity contribution in [2.24, 2.45) is 28.7 Å². The van der Waals surface area contributed by atoms with Crippen LogP contribution in [0.15, 0.2) is 17.1 Å². The minimum Gasteiger partial charge on any atom is -0.357 e. The van der Waals surface area contributed by atoms with Gasteiger partial charge in [-0.15, -0.1) is 24.0 Å². The van der Waals surface area contributed by atoms with Crippen molar-refractivity contribution in [2.75, 3.05) is 38.2 Å². The van der Waals surface area contributed by atoms with E-state index in [1.807, 2.05) is 6.92 Å². The Kier molecular flexibility index (Phi) is 7.89. The molecule has 8 nitrogen and oxygen atoms in total. The van der Waals surface area contributed by atoms with E-state index >= 15 is 0 Å². The zero-order valence-corrected chi connectivity index (χ0v) is 19.4. The number of hydrogen-bond donors (Lipinski definition) is 2. The van der Waals surface area contributed by atoms with Gasteiger partial charge in [-0.25, -0.2) is 8.42 Å². The Morgan fingerprint density at radius 2 is 1.79 bits per heavy atom. The van der Waals surface area contributed by atoms with Gasteiger partial charge in [0.1, 0.15) is 9.84 Å². The van der Waals surface area contributed by atoms with Gasteiger partial charge in [0.2, 0.25) is 11.8 Å². The molecule has 0 radical (unpaired) electrons. The van der Waals surface area contributed by atoms with E-state index in [2.05, 4.69) is 27.8 Å². The average Bonchev–Trinajstić information content (AvgIpc) is 3.27. The number of aliphatic imine (C=N–C) groups is 1. The molecule has 1 aliphatic heterocycles. The van der Waals surface area contributed by atoms with Crippen molar-refractivity contribution in [2.45, 2.75) is 19.8 Å². The number of likely N-dealkylation sites (tertiary alicyclic amines) is 1. The summed E-state index contributed by atoms with van der Waals surface area (Å²) in [6.45, 7) is 3.72. The first-order chi connectivity index (χ1) is 12.8. The third kappa shape index (κ3) is 5.05. The predicted molar refractivity (Wildman–Crippen MR) is 118 cm³/mol. The molecule has 0 aromatic heterocycles. The maximum Gasteiger partial charge on any atom is 0.233 e. The molecule has 1 saturated carbocycles. The van der Waals surface area contributed by atoms with Gasteiger partial charge in [-0.3, -0.25) is 19.5 Å². The van der Waals surface area contributed by atoms with Gasteiger partial charge in [0.25, 0.3) is 0 Å². The molecule has 158 valence electrons. The van der Waals surface area contributed by atoms with Gasteiger partial charge in [-0.2, -0.15) is 0 Å². The zero-order valence-electron chi connectivity index (χ0n) is 16.3. The number of hydrogen-bond acceptors (Lipinski definition) is 5. The molecule has 3 rings (SSSR count). The first-order valence-electron chi connectivity index (χ1n) is 9.55. The molecule has 10 heteroatoms. The largest absolute Gasteiger partial charge is 0.357 e. The normalized spacial score (nSPS) is 28.5. The van der Waals surface area contributed by atoms with Crippen LogP contribution in [0.4, 0.5) is 0 Å². The van der Waals surface area contributed by atoms with E-state index in [-0.39, 0.29) is 65.2 Å². The van der Waals surface area contributed by atoms with Crippen LogP contribution in [0.5, 0.6) is 0 Å². The first-order valence-corrected chi connectivity index (χ1v) is 11.6. The molecule has 1 heterocycles. The number of rotatable bonds is 8. The van der Waals surface area contributed by atoms with Gasteiger partial charge in [-0.1, -0.05) is 12.2 Å². The highest BCUT2D eigenvalue weighted by Gasteiger charge is 2.58. The first kappa shape index (κ1) is 23.1. The maximum absolute atomic E-state index is 12.6. The Morgan fingerprint density at radius 1 is 1.18 bits per heavy atom. The predicted octanol–water partition coefficient (Wildman–Crippen LogP) is 0.401. The van der Waals surface area contributed by atoms with Crippen LogP contribution in [0.1, 0.15) is 19.8 Å². The van der Waals surface area contributed by atoms with Gasteiger partial charge < -0.3 is 10.6 Å². The number of sulfone groups is 1. The van der Waals surface area contributed by atoms with Gasteiger partial charge in [0.05, 0.1) is 17.6 Å². The Balaban J connectivity index is 0.00000280. The van der Waals surface area contributed by atoms with Crippen molar-refractivity contribution < 1.29 is 18.0 Å². The molecule has 0 aromatic carbocycles. The Bertz CT molecular complexity index is 738. The van der Waals surface area contributed by atoms with Gasteiger partial charge in [-0.05, 0) is 31.6 Å². The molecule has 4 atom stereocenters. The number of imide groups is 1. The summed E-state index contributed by atoms with van der Waals surface area (Å²) < 4.78 is 22.3. The standard InChI is InChI=1S/C18H28N4O4S.HI/c1-3-19-18(20-7-4-10-27(2,25)26)21-8-9-22-16(23)14-12-5-6-13(11-12)15(14)17(22)24;/h5-6,12-15H,3-4,7-11H2,1-2H3,(H2,19,20,21);1H. The SMILES string of the molecule is CCNC(=NCCCS(C)(=O)=O)NCCN1C(=O)C2C3C=CC(C3)C2C1=O.I. The second kappa shape index (κ2) is 9.55. The highest BCUT2D eigenvalue weighted by molar-refractivity contribution is 14.0. The number of carbonyl (C=O) groups excluding carboxylic acids is 2. The summed E-state index contributed by atoms with van der Waals surface area (Å²) in [5, 5.41) is 6.20. The van der Waals surface area contributed by atoms with Crippen LogP contribution in [-0.4, -0.2) is 69.3 Å². The molecular weight excluding hydrogens is 495 g/mol. The molecule has 1 saturated heterocycles. The monoisotopic (exact) mass is 524 g/mol. The summed E-state index contributed by atoms with van der Waals surface area (Å²) in [6, 6.07) is 0. The van der Waals surface area contributed by atoms with Crippen LogP contribution in [0.3, 0.4) is 0 Å². The van der Waals surface area contributed by atoms with Crippen LogP contribution in [0, 0.1) is 23.7 Å². The number of nitrogens with one attached hydrogen (secondary N) is 2. The second-order valence-corrected chi connectivity index (χ2v) is 9.76. The van der Waals surface area contributed by atoms with Crippen molar-refractivity contribution in [3.8, 4) is 0 Å². The third-order valence-electron chi connectivity index (χ3n) is 5.48. The lowest BCUT2D eigenvalue weighted by Gasteiger charge is -2.18. The summed E-state index contributed by atoms with van der Waals surface area (Å²) >= 11 is 0. The van der Waals surface area contributed by atoms with Crippen molar-refractivity contribution in [3.63, 3.8) is 0 Å². The molecule has 4 unspecified atom stereocenters. The average molecular weight is 524 g/mol. The topological polar surface area (TPSA) is 108 Å². The third-order valence-corrected chi connectivity index (χ3v) is 6.51. The summed E-state index contributed by atoms with van der Waals surface area (Å²) in [6.07, 6.45) is 6.78. The summed E-state index contributed by atoms with van der Waals surface area (Å²) in [4.78, 5) is 31.0. The molecule has 0 spiro atoms. The number of amides is 2. The van der Waals surface area contributed by atoms with E-state index in [9.17, 15) is 18.0 Å². The number of guanidine groups is 1. The zero-order chi connectivity index (χ0) is 19.6. The fraction of sp³-hybridized carbons (Fsp3) is 0.722. The van der Waals surface area contributed by atoms with E-state index in [1.54, 1.807) is 0 Å². The minimum absolute atomic E-state index is 0. The van der Waals surface area contributed by atoms with E-state index in [0.717, 1.165) is 6.42 Å². The Labute approximate surface area is 183 Å². The number of allylic oxidation sites excluding steroid dienone is 2. The molecule has 0 aromatic rings. The number of halogens is 1. The summed E-state index contributed by atoms with van der Waals surface area (Å²) in [5.41, 5.74) is 0. The van der Waals surface area contributed by atoms with Crippen LogP contribution in [0.2, 0.25) is 0 Å². The Hall–Kier alpha value is -1.17. The van der Waals surface area contributed by atoms with E-state index < -0.39 is 9.84 Å². The van der Waals surface area contributed by atoms with Gasteiger partial charge in [0.15, 0.2) is 5.96 Å². The number of carbonyl (C=O) groups is 2. The molecular formula is C18H29IN4O4S. The highest BCUT2D eigenvalue weighted by Crippen LogP contribution is 2.52. The maximum atomic E-state index is 12.6. The van der Waals surface area contributed by atoms with Crippen molar-refractivity contribution >= 4 is 51.6 Å². The summed E-state index contributed by atoms with van der Waals surface area (Å²) in [5.74, 6) is 0.706. The fourth-order valence-electron chi connectivity index (χ4n) is 4.33. The molecule has 3 aliphatic rings. The molecule has 2 N–H and O–H groups in total. The van der Waals surface area contributed by atoms with Crippen molar-refractivity contribution in [3.05, 3.63) is 12.2 Å².